The van der Waals surface area contributed by atoms with E-state index in [0.29, 0.717) is 6.04 Å². The van der Waals surface area contributed by atoms with Crippen LogP contribution < -0.4 is 5.32 Å². The zero-order valence-corrected chi connectivity index (χ0v) is 16.7. The van der Waals surface area contributed by atoms with Crippen molar-refractivity contribution in [2.75, 3.05) is 19.6 Å². The van der Waals surface area contributed by atoms with Crippen molar-refractivity contribution in [1.29, 1.82) is 0 Å². The van der Waals surface area contributed by atoms with Gasteiger partial charge in [-0.05, 0) is 69.3 Å². The summed E-state index contributed by atoms with van der Waals surface area (Å²) in [6, 6.07) is 5.00. The minimum atomic E-state index is 0.303. The largest absolute Gasteiger partial charge is 0.311 e. The molecule has 0 bridgehead atoms. The van der Waals surface area contributed by atoms with Crippen molar-refractivity contribution in [3.8, 4) is 0 Å². The van der Waals surface area contributed by atoms with E-state index in [0.717, 1.165) is 25.6 Å². The van der Waals surface area contributed by atoms with Crippen LogP contribution in [0.1, 0.15) is 55.0 Å². The maximum absolute atomic E-state index is 4.22. The summed E-state index contributed by atoms with van der Waals surface area (Å²) in [6.07, 6.45) is 6.04. The molecule has 2 aromatic rings. The Hall–Kier alpha value is -1.72. The number of likely N-dealkylation sites (tertiary alicyclic amines) is 1. The molecule has 3 rings (SSSR count). The van der Waals surface area contributed by atoms with E-state index in [1.54, 1.807) is 12.7 Å². The average molecular weight is 356 g/mol. The topological polar surface area (TPSA) is 46.0 Å². The van der Waals surface area contributed by atoms with Crippen molar-refractivity contribution in [2.24, 2.45) is 5.92 Å². The fourth-order valence-electron chi connectivity index (χ4n) is 3.78. The van der Waals surface area contributed by atoms with Crippen molar-refractivity contribution in [2.45, 2.75) is 59.7 Å². The third-order valence-electron chi connectivity index (χ3n) is 5.68. The molecule has 2 heterocycles. The number of benzene rings is 1. The average Bonchev–Trinajstić information content (AvgIpc) is 3.15. The Labute approximate surface area is 157 Å². The number of hydrogen-bond acceptors (Lipinski definition) is 4. The van der Waals surface area contributed by atoms with Crippen LogP contribution in [0.5, 0.6) is 0 Å². The zero-order chi connectivity index (χ0) is 18.5. The molecule has 1 saturated heterocycles. The van der Waals surface area contributed by atoms with E-state index in [-0.39, 0.29) is 0 Å². The quantitative estimate of drug-likeness (QED) is 0.826. The first-order valence-electron chi connectivity index (χ1n) is 9.89. The molecule has 5 heteroatoms. The Kier molecular flexibility index (Phi) is 6.43. The SMILES string of the molecule is Cc1cc(CNC[C@H](C)n2cncn2)c(C)c(CN2CCC(C)CC2)c1. The van der Waals surface area contributed by atoms with E-state index in [1.807, 2.05) is 4.68 Å². The van der Waals surface area contributed by atoms with E-state index in [4.69, 9.17) is 0 Å². The van der Waals surface area contributed by atoms with Crippen molar-refractivity contribution in [3.63, 3.8) is 0 Å². The van der Waals surface area contributed by atoms with Crippen molar-refractivity contribution in [3.05, 3.63) is 47.0 Å². The van der Waals surface area contributed by atoms with Crippen LogP contribution in [0.25, 0.3) is 0 Å². The summed E-state index contributed by atoms with van der Waals surface area (Å²) in [5, 5.41) is 7.81. The molecule has 0 saturated carbocycles. The minimum absolute atomic E-state index is 0.303. The number of rotatable bonds is 7. The molecule has 1 aliphatic heterocycles. The van der Waals surface area contributed by atoms with Crippen molar-refractivity contribution < 1.29 is 0 Å². The van der Waals surface area contributed by atoms with Gasteiger partial charge < -0.3 is 5.32 Å². The molecule has 5 nitrogen and oxygen atoms in total. The maximum atomic E-state index is 4.22. The lowest BCUT2D eigenvalue weighted by Crippen LogP contribution is -2.32. The Morgan fingerprint density at radius 3 is 2.62 bits per heavy atom. The van der Waals surface area contributed by atoms with Crippen LogP contribution in [0.4, 0.5) is 0 Å². The summed E-state index contributed by atoms with van der Waals surface area (Å²) in [5.41, 5.74) is 5.70. The van der Waals surface area contributed by atoms with Crippen LogP contribution in [0.2, 0.25) is 0 Å². The number of nitrogens with one attached hydrogen (secondary N) is 1. The molecule has 0 unspecified atom stereocenters. The number of aromatic nitrogens is 3. The van der Waals surface area contributed by atoms with Crippen LogP contribution in [0, 0.1) is 19.8 Å². The molecular formula is C21H33N5. The lowest BCUT2D eigenvalue weighted by molar-refractivity contribution is 0.185. The molecule has 142 valence electrons. The van der Waals surface area contributed by atoms with Crippen LogP contribution >= 0.6 is 0 Å². The van der Waals surface area contributed by atoms with Gasteiger partial charge in [0.15, 0.2) is 0 Å². The molecule has 1 fully saturated rings. The summed E-state index contributed by atoms with van der Waals surface area (Å²) in [5.74, 6) is 0.886. The van der Waals surface area contributed by atoms with E-state index in [2.05, 4.69) is 60.1 Å². The van der Waals surface area contributed by atoms with E-state index < -0.39 is 0 Å². The molecule has 0 amide bonds. The smallest absolute Gasteiger partial charge is 0.137 e. The van der Waals surface area contributed by atoms with Crippen LogP contribution in [0.15, 0.2) is 24.8 Å². The molecule has 1 aliphatic rings. The lowest BCUT2D eigenvalue weighted by atomic mass is 9.96. The molecule has 1 aromatic carbocycles. The minimum Gasteiger partial charge on any atom is -0.311 e. The highest BCUT2D eigenvalue weighted by molar-refractivity contribution is 5.38. The van der Waals surface area contributed by atoms with Gasteiger partial charge in [0.1, 0.15) is 12.7 Å². The first-order chi connectivity index (χ1) is 12.5. The first-order valence-corrected chi connectivity index (χ1v) is 9.89. The predicted octanol–water partition coefficient (Wildman–Crippen LogP) is 3.48. The van der Waals surface area contributed by atoms with Gasteiger partial charge in [0.25, 0.3) is 0 Å². The van der Waals surface area contributed by atoms with Gasteiger partial charge in [0.05, 0.1) is 6.04 Å². The molecule has 1 aromatic heterocycles. The van der Waals surface area contributed by atoms with Gasteiger partial charge in [-0.1, -0.05) is 24.6 Å². The van der Waals surface area contributed by atoms with Gasteiger partial charge in [0.2, 0.25) is 0 Å². The number of nitrogens with zero attached hydrogens (tertiary/aromatic N) is 4. The number of piperidine rings is 1. The monoisotopic (exact) mass is 355 g/mol. The zero-order valence-electron chi connectivity index (χ0n) is 16.7. The Balaban J connectivity index is 1.59. The predicted molar refractivity (Wildman–Crippen MR) is 106 cm³/mol. The van der Waals surface area contributed by atoms with Crippen molar-refractivity contribution in [1.82, 2.24) is 25.0 Å². The summed E-state index contributed by atoms with van der Waals surface area (Å²) >= 11 is 0. The highest BCUT2D eigenvalue weighted by Crippen LogP contribution is 2.22. The second kappa shape index (κ2) is 8.78. The standard InChI is InChI=1S/C21H33N5/c1-16-5-7-25(8-6-16)13-21-10-17(2)9-20(19(21)4)12-22-11-18(3)26-15-23-14-24-26/h9-10,14-16,18,22H,5-8,11-13H2,1-4H3/t18-/m0/s1. The lowest BCUT2D eigenvalue weighted by Gasteiger charge is -2.31. The van der Waals surface area contributed by atoms with Crippen LogP contribution in [-0.4, -0.2) is 39.3 Å². The number of aryl methyl sites for hydroxylation is 1. The first kappa shape index (κ1) is 19.1. The highest BCUT2D eigenvalue weighted by atomic mass is 15.3. The van der Waals surface area contributed by atoms with Gasteiger partial charge in [-0.25, -0.2) is 9.67 Å². The van der Waals surface area contributed by atoms with E-state index >= 15 is 0 Å². The van der Waals surface area contributed by atoms with Gasteiger partial charge >= 0.3 is 0 Å². The van der Waals surface area contributed by atoms with Gasteiger partial charge in [-0.2, -0.15) is 5.10 Å². The van der Waals surface area contributed by atoms with Gasteiger partial charge in [0, 0.05) is 19.6 Å². The molecule has 0 radical (unpaired) electrons. The third-order valence-corrected chi connectivity index (χ3v) is 5.68. The van der Waals surface area contributed by atoms with E-state index in [1.165, 1.54) is 48.2 Å². The fourth-order valence-corrected chi connectivity index (χ4v) is 3.78. The normalized spacial score (nSPS) is 17.5. The molecule has 0 spiro atoms. The third kappa shape index (κ3) is 4.92. The van der Waals surface area contributed by atoms with E-state index in [9.17, 15) is 0 Å². The molecule has 1 atom stereocenters. The summed E-state index contributed by atoms with van der Waals surface area (Å²) in [4.78, 5) is 6.64. The molecule has 26 heavy (non-hydrogen) atoms. The number of hydrogen-bond donors (Lipinski definition) is 1. The summed E-state index contributed by atoms with van der Waals surface area (Å²) in [6.45, 7) is 14.4. The molecule has 0 aliphatic carbocycles. The van der Waals surface area contributed by atoms with Gasteiger partial charge in [-0.15, -0.1) is 0 Å². The highest BCUT2D eigenvalue weighted by Gasteiger charge is 2.17. The summed E-state index contributed by atoms with van der Waals surface area (Å²) in [7, 11) is 0. The second-order valence-electron chi connectivity index (χ2n) is 8.02. The Morgan fingerprint density at radius 1 is 1.19 bits per heavy atom. The summed E-state index contributed by atoms with van der Waals surface area (Å²) < 4.78 is 1.90. The maximum Gasteiger partial charge on any atom is 0.137 e. The fraction of sp³-hybridized carbons (Fsp3) is 0.619. The van der Waals surface area contributed by atoms with Crippen molar-refractivity contribution >= 4 is 0 Å². The van der Waals surface area contributed by atoms with Crippen LogP contribution in [0.3, 0.4) is 0 Å². The van der Waals surface area contributed by atoms with Crippen LogP contribution in [-0.2, 0) is 13.1 Å². The second-order valence-corrected chi connectivity index (χ2v) is 8.02. The molecular weight excluding hydrogens is 322 g/mol. The Bertz CT molecular complexity index is 687. The molecule has 1 N–H and O–H groups in total. The van der Waals surface area contributed by atoms with Gasteiger partial charge in [-0.3, -0.25) is 4.90 Å². The Morgan fingerprint density at radius 2 is 1.92 bits per heavy atom.